The van der Waals surface area contributed by atoms with Gasteiger partial charge in [0.1, 0.15) is 12.4 Å². The molecule has 0 unspecified atom stereocenters. The maximum Gasteiger partial charge on any atom is 0.460 e. The van der Waals surface area contributed by atoms with Crippen LogP contribution in [0.2, 0.25) is 0 Å². The van der Waals surface area contributed by atoms with E-state index < -0.39 is 33.4 Å². The number of hydrogen-bond donors (Lipinski definition) is 0. The van der Waals surface area contributed by atoms with E-state index in [9.17, 15) is 52.5 Å². The lowest BCUT2D eigenvalue weighted by Gasteiger charge is -2.34. The van der Waals surface area contributed by atoms with Crippen molar-refractivity contribution in [3.63, 3.8) is 0 Å². The van der Waals surface area contributed by atoms with Crippen LogP contribution in [-0.2, 0) is 23.2 Å². The SMILES string of the molecule is CCCCCCCCCCCn1cc[n+](CCCCCCCCC)c1.O=S(=O)([O-])C(F)(F)C(F)(F)C(F)(F)C(F)(F)F. The van der Waals surface area contributed by atoms with Crippen LogP contribution in [-0.4, -0.2) is 40.8 Å². The molecule has 0 radical (unpaired) electrons. The van der Waals surface area contributed by atoms with Crippen LogP contribution in [0.4, 0.5) is 39.5 Å². The first-order valence-electron chi connectivity index (χ1n) is 14.6. The molecule has 0 aromatic carbocycles. The van der Waals surface area contributed by atoms with E-state index in [0.29, 0.717) is 0 Å². The van der Waals surface area contributed by atoms with Crippen molar-refractivity contribution in [1.82, 2.24) is 4.57 Å². The van der Waals surface area contributed by atoms with Crippen LogP contribution in [0.25, 0.3) is 0 Å². The summed E-state index contributed by atoms with van der Waals surface area (Å²) in [7, 11) is -7.42. The molecule has 0 saturated heterocycles. The molecule has 1 aromatic heterocycles. The van der Waals surface area contributed by atoms with Gasteiger partial charge < -0.3 is 4.55 Å². The summed E-state index contributed by atoms with van der Waals surface area (Å²) < 4.78 is 140. The molecule has 0 spiro atoms. The number of imidazole rings is 1. The standard InChI is InChI=1S/C23H45N2.C4HF9O3S/c1-3-5-7-9-11-12-14-16-18-20-25-22-21-24(23-25)19-17-15-13-10-8-6-4-2;5-1(6,3(9,10)11)2(7,8)4(12,13)17(14,15)16/h21-23H,3-20H2,1-2H3;(H,14,15,16)/q+1;/p-1. The smallest absolute Gasteiger partial charge is 0.460 e. The summed E-state index contributed by atoms with van der Waals surface area (Å²) in [5, 5.41) is -7.11. The Bertz CT molecular complexity index is 953. The highest BCUT2D eigenvalue weighted by Crippen LogP contribution is 2.54. The quantitative estimate of drug-likeness (QED) is 0.0579. The maximum absolute atomic E-state index is 12.2. The molecule has 0 aliphatic carbocycles. The summed E-state index contributed by atoms with van der Waals surface area (Å²) in [6.45, 7) is 6.97. The highest BCUT2D eigenvalue weighted by molar-refractivity contribution is 7.86. The van der Waals surface area contributed by atoms with Crippen LogP contribution in [0.1, 0.15) is 117 Å². The average Bonchev–Trinajstić information content (AvgIpc) is 3.33. The van der Waals surface area contributed by atoms with E-state index in [0.717, 1.165) is 0 Å². The Morgan fingerprint density at radius 2 is 1.05 bits per heavy atom. The van der Waals surface area contributed by atoms with Gasteiger partial charge in [-0.25, -0.2) is 17.6 Å². The molecule has 0 aliphatic heterocycles. The first-order valence-corrected chi connectivity index (χ1v) is 16.0. The molecule has 1 aromatic rings. The van der Waals surface area contributed by atoms with Gasteiger partial charge in [-0.3, -0.25) is 0 Å². The van der Waals surface area contributed by atoms with Crippen LogP contribution in [0.15, 0.2) is 18.7 Å². The van der Waals surface area contributed by atoms with Gasteiger partial charge in [0.25, 0.3) is 0 Å². The average molecular weight is 649 g/mol. The van der Waals surface area contributed by atoms with Gasteiger partial charge in [-0.15, -0.1) is 0 Å². The van der Waals surface area contributed by atoms with E-state index in [1.165, 1.54) is 116 Å². The summed E-state index contributed by atoms with van der Waals surface area (Å²) in [6.07, 6.45) is 22.1. The van der Waals surface area contributed by atoms with Gasteiger partial charge in [0.05, 0.1) is 13.1 Å². The summed E-state index contributed by atoms with van der Waals surface area (Å²) >= 11 is 0. The predicted molar refractivity (Wildman–Crippen MR) is 140 cm³/mol. The first kappa shape index (κ1) is 40.5. The summed E-state index contributed by atoms with van der Waals surface area (Å²) in [5.74, 6) is -14.8. The van der Waals surface area contributed by atoms with Crippen molar-refractivity contribution in [2.75, 3.05) is 0 Å². The number of aryl methyl sites for hydroxylation is 2. The molecular formula is C27H45F9N2O3S. The minimum absolute atomic E-state index is 1.19. The summed E-state index contributed by atoms with van der Waals surface area (Å²) in [6, 6.07) is 0. The van der Waals surface area contributed by atoms with E-state index in [1.807, 2.05) is 0 Å². The molecule has 250 valence electrons. The van der Waals surface area contributed by atoms with Gasteiger partial charge in [-0.2, -0.15) is 39.5 Å². The fraction of sp³-hybridized carbons (Fsp3) is 0.889. The Labute approximate surface area is 243 Å². The minimum atomic E-state index is -7.43. The van der Waals surface area contributed by atoms with Crippen LogP contribution >= 0.6 is 0 Å². The topological polar surface area (TPSA) is 66.0 Å². The van der Waals surface area contributed by atoms with Crippen molar-refractivity contribution in [1.29, 1.82) is 0 Å². The van der Waals surface area contributed by atoms with Gasteiger partial charge in [-0.05, 0) is 25.7 Å². The predicted octanol–water partition coefficient (Wildman–Crippen LogP) is 9.01. The number of alkyl halides is 9. The van der Waals surface area contributed by atoms with Crippen molar-refractivity contribution in [3.05, 3.63) is 18.7 Å². The third kappa shape index (κ3) is 13.4. The monoisotopic (exact) mass is 648 g/mol. The Balaban J connectivity index is 0.000000865. The van der Waals surface area contributed by atoms with Crippen LogP contribution in [0.3, 0.4) is 0 Å². The first-order chi connectivity index (χ1) is 19.4. The Morgan fingerprint density at radius 3 is 1.45 bits per heavy atom. The van der Waals surface area contributed by atoms with E-state index in [-0.39, 0.29) is 0 Å². The number of rotatable bonds is 21. The second-order valence-electron chi connectivity index (χ2n) is 10.5. The highest BCUT2D eigenvalue weighted by atomic mass is 32.2. The Kier molecular flexibility index (Phi) is 18.3. The minimum Gasteiger partial charge on any atom is -0.743 e. The number of aromatic nitrogens is 2. The van der Waals surface area contributed by atoms with Crippen molar-refractivity contribution in [2.24, 2.45) is 0 Å². The Hall–Kier alpha value is -1.51. The molecule has 0 atom stereocenters. The molecule has 0 amide bonds. The number of unbranched alkanes of at least 4 members (excludes halogenated alkanes) is 14. The van der Waals surface area contributed by atoms with Crippen molar-refractivity contribution in [2.45, 2.75) is 153 Å². The third-order valence-electron chi connectivity index (χ3n) is 6.72. The van der Waals surface area contributed by atoms with Crippen molar-refractivity contribution < 1.29 is 57.1 Å². The molecule has 1 heterocycles. The van der Waals surface area contributed by atoms with Crippen LogP contribution in [0, 0.1) is 0 Å². The molecule has 15 heteroatoms. The molecule has 1 rings (SSSR count). The van der Waals surface area contributed by atoms with E-state index in [4.69, 9.17) is 0 Å². The number of halogens is 9. The fourth-order valence-electron chi connectivity index (χ4n) is 4.08. The highest BCUT2D eigenvalue weighted by Gasteiger charge is 2.83. The molecule has 0 N–H and O–H groups in total. The summed E-state index contributed by atoms with van der Waals surface area (Å²) in [5.41, 5.74) is 0. The van der Waals surface area contributed by atoms with Crippen molar-refractivity contribution in [3.8, 4) is 0 Å². The zero-order chi connectivity index (χ0) is 32.5. The second kappa shape index (κ2) is 19.0. The normalized spacial score (nSPS) is 13.2. The van der Waals surface area contributed by atoms with Crippen LogP contribution < -0.4 is 4.57 Å². The molecule has 5 nitrogen and oxygen atoms in total. The lowest BCUT2D eigenvalue weighted by molar-refractivity contribution is -0.696. The molecule has 42 heavy (non-hydrogen) atoms. The van der Waals surface area contributed by atoms with Gasteiger partial charge in [0.2, 0.25) is 6.33 Å². The molecular weight excluding hydrogens is 603 g/mol. The largest absolute Gasteiger partial charge is 0.743 e. The van der Waals surface area contributed by atoms with Gasteiger partial charge in [0.15, 0.2) is 10.1 Å². The lowest BCUT2D eigenvalue weighted by Crippen LogP contribution is -2.63. The molecule has 0 fully saturated rings. The van der Waals surface area contributed by atoms with Gasteiger partial charge >= 0.3 is 23.3 Å². The van der Waals surface area contributed by atoms with E-state index in [2.05, 4.69) is 41.7 Å². The third-order valence-corrected chi connectivity index (χ3v) is 7.60. The van der Waals surface area contributed by atoms with Crippen LogP contribution in [0.5, 0.6) is 0 Å². The zero-order valence-corrected chi connectivity index (χ0v) is 25.2. The van der Waals surface area contributed by atoms with E-state index in [1.54, 1.807) is 0 Å². The number of hydrogen-bond acceptors (Lipinski definition) is 3. The summed E-state index contributed by atoms with van der Waals surface area (Å²) in [4.78, 5) is 0. The molecule has 0 bridgehead atoms. The zero-order valence-electron chi connectivity index (χ0n) is 24.4. The molecule has 0 aliphatic rings. The van der Waals surface area contributed by atoms with Gasteiger partial charge in [-0.1, -0.05) is 90.9 Å². The van der Waals surface area contributed by atoms with Gasteiger partial charge in [0, 0.05) is 0 Å². The molecule has 0 saturated carbocycles. The lowest BCUT2D eigenvalue weighted by atomic mass is 10.1. The number of nitrogens with zero attached hydrogens (tertiary/aromatic N) is 2. The Morgan fingerprint density at radius 1 is 0.643 bits per heavy atom. The maximum atomic E-state index is 12.2. The van der Waals surface area contributed by atoms with Crippen molar-refractivity contribution >= 4 is 10.1 Å². The second-order valence-corrected chi connectivity index (χ2v) is 11.9. The fourth-order valence-corrected chi connectivity index (χ4v) is 4.52. The van der Waals surface area contributed by atoms with E-state index >= 15 is 0 Å².